The molecular formula is C9H17NO4. The molecule has 2 N–H and O–H groups in total. The van der Waals surface area contributed by atoms with Crippen LogP contribution in [-0.4, -0.2) is 37.2 Å². The second-order valence-electron chi connectivity index (χ2n) is 2.92. The summed E-state index contributed by atoms with van der Waals surface area (Å²) in [6.07, 6.45) is 1.52. The Labute approximate surface area is 83.4 Å². The van der Waals surface area contributed by atoms with Crippen molar-refractivity contribution in [2.24, 2.45) is 0 Å². The van der Waals surface area contributed by atoms with Gasteiger partial charge in [0.1, 0.15) is 6.61 Å². The maximum absolute atomic E-state index is 11.0. The highest BCUT2D eigenvalue weighted by Crippen LogP contribution is 2.00. The minimum Gasteiger partial charge on any atom is -0.481 e. The van der Waals surface area contributed by atoms with Gasteiger partial charge in [0.15, 0.2) is 0 Å². The molecule has 0 saturated carbocycles. The van der Waals surface area contributed by atoms with Crippen LogP contribution < -0.4 is 5.32 Å². The highest BCUT2D eigenvalue weighted by Gasteiger charge is 2.03. The Morgan fingerprint density at radius 2 is 1.93 bits per heavy atom. The summed E-state index contributed by atoms with van der Waals surface area (Å²) < 4.78 is 4.84. The molecule has 0 aliphatic heterocycles. The van der Waals surface area contributed by atoms with Crippen LogP contribution in [0.15, 0.2) is 0 Å². The number of aliphatic carboxylic acids is 1. The fourth-order valence-electron chi connectivity index (χ4n) is 0.885. The van der Waals surface area contributed by atoms with Crippen molar-refractivity contribution in [3.8, 4) is 0 Å². The lowest BCUT2D eigenvalue weighted by molar-refractivity contribution is -0.144. The van der Waals surface area contributed by atoms with Crippen LogP contribution in [-0.2, 0) is 14.3 Å². The van der Waals surface area contributed by atoms with Crippen LogP contribution in [0.4, 0.5) is 0 Å². The molecule has 0 fully saturated rings. The number of unbranched alkanes of at least 4 members (excludes halogenated alkanes) is 1. The molecule has 0 bridgehead atoms. The molecule has 0 saturated heterocycles. The molecule has 0 radical (unpaired) electrons. The number of likely N-dealkylation sites (N-methyl/N-ethyl adjacent to an activating group) is 1. The summed E-state index contributed by atoms with van der Waals surface area (Å²) in [4.78, 5) is 21.1. The van der Waals surface area contributed by atoms with Gasteiger partial charge in [0, 0.05) is 19.4 Å². The van der Waals surface area contributed by atoms with Crippen molar-refractivity contribution in [1.82, 2.24) is 5.32 Å². The third kappa shape index (κ3) is 8.99. The van der Waals surface area contributed by atoms with Crippen LogP contribution in [0.25, 0.3) is 0 Å². The largest absolute Gasteiger partial charge is 0.481 e. The van der Waals surface area contributed by atoms with Crippen molar-refractivity contribution in [3.63, 3.8) is 0 Å². The maximum Gasteiger partial charge on any atom is 0.305 e. The summed E-state index contributed by atoms with van der Waals surface area (Å²) in [5, 5.41) is 11.2. The number of rotatable bonds is 8. The molecular weight excluding hydrogens is 186 g/mol. The van der Waals surface area contributed by atoms with E-state index in [1.54, 1.807) is 7.05 Å². The molecule has 0 aromatic rings. The van der Waals surface area contributed by atoms with E-state index < -0.39 is 5.97 Å². The van der Waals surface area contributed by atoms with E-state index >= 15 is 0 Å². The van der Waals surface area contributed by atoms with Gasteiger partial charge in [-0.2, -0.15) is 0 Å². The zero-order valence-corrected chi connectivity index (χ0v) is 8.41. The summed E-state index contributed by atoms with van der Waals surface area (Å²) in [5.74, 6) is -1.08. The fourth-order valence-corrected chi connectivity index (χ4v) is 0.885. The van der Waals surface area contributed by atoms with E-state index in [4.69, 9.17) is 9.84 Å². The van der Waals surface area contributed by atoms with Crippen LogP contribution >= 0.6 is 0 Å². The summed E-state index contributed by atoms with van der Waals surface area (Å²) in [5.41, 5.74) is 0. The first-order valence-corrected chi connectivity index (χ1v) is 4.69. The Kier molecular flexibility index (Phi) is 7.83. The number of esters is 1. The van der Waals surface area contributed by atoms with Crippen molar-refractivity contribution in [1.29, 1.82) is 0 Å². The molecule has 0 aromatic carbocycles. The summed E-state index contributed by atoms with van der Waals surface area (Å²) in [6.45, 7) is 1.01. The van der Waals surface area contributed by atoms with Crippen molar-refractivity contribution < 1.29 is 19.4 Å². The van der Waals surface area contributed by atoms with Crippen LogP contribution in [0.5, 0.6) is 0 Å². The number of hydrogen-bond acceptors (Lipinski definition) is 4. The van der Waals surface area contributed by atoms with Gasteiger partial charge in [0.2, 0.25) is 0 Å². The Morgan fingerprint density at radius 1 is 1.29 bits per heavy atom. The average molecular weight is 203 g/mol. The minimum absolute atomic E-state index is 0.115. The zero-order chi connectivity index (χ0) is 10.8. The summed E-state index contributed by atoms with van der Waals surface area (Å²) in [7, 11) is 1.78. The third-order valence-electron chi connectivity index (χ3n) is 1.64. The topological polar surface area (TPSA) is 75.6 Å². The van der Waals surface area contributed by atoms with Gasteiger partial charge < -0.3 is 15.2 Å². The molecule has 14 heavy (non-hydrogen) atoms. The number of ether oxygens (including phenoxy) is 1. The number of carboxylic acids is 1. The normalized spacial score (nSPS) is 9.79. The molecule has 0 unspecified atom stereocenters. The molecule has 0 heterocycles. The minimum atomic E-state index is -0.825. The second kappa shape index (κ2) is 8.50. The monoisotopic (exact) mass is 203 g/mol. The van der Waals surface area contributed by atoms with Crippen molar-refractivity contribution in [2.45, 2.75) is 25.7 Å². The molecule has 5 heteroatoms. The highest BCUT2D eigenvalue weighted by molar-refractivity contribution is 5.69. The van der Waals surface area contributed by atoms with Gasteiger partial charge in [-0.1, -0.05) is 0 Å². The Hall–Kier alpha value is -1.10. The number of hydrogen-bond donors (Lipinski definition) is 2. The van der Waals surface area contributed by atoms with Gasteiger partial charge in [0.25, 0.3) is 0 Å². The molecule has 0 rings (SSSR count). The van der Waals surface area contributed by atoms with Crippen LogP contribution in [0.2, 0.25) is 0 Å². The lowest BCUT2D eigenvalue weighted by Gasteiger charge is -2.03. The Morgan fingerprint density at radius 3 is 2.50 bits per heavy atom. The van der Waals surface area contributed by atoms with Gasteiger partial charge in [-0.25, -0.2) is 0 Å². The van der Waals surface area contributed by atoms with E-state index in [0.29, 0.717) is 32.4 Å². The van der Waals surface area contributed by atoms with E-state index in [-0.39, 0.29) is 12.4 Å². The Balaban J connectivity index is 3.22. The third-order valence-corrected chi connectivity index (χ3v) is 1.64. The first-order chi connectivity index (χ1) is 6.66. The van der Waals surface area contributed by atoms with E-state index in [0.717, 1.165) is 0 Å². The molecule has 82 valence electrons. The molecule has 0 aromatic heterocycles. The summed E-state index contributed by atoms with van der Waals surface area (Å²) >= 11 is 0. The van der Waals surface area contributed by atoms with Crippen molar-refractivity contribution >= 4 is 11.9 Å². The number of carbonyl (C=O) groups excluding carboxylic acids is 1. The fraction of sp³-hybridized carbons (Fsp3) is 0.778. The van der Waals surface area contributed by atoms with Gasteiger partial charge in [0.05, 0.1) is 0 Å². The lowest BCUT2D eigenvalue weighted by atomic mass is 10.2. The Bertz CT molecular complexity index is 182. The van der Waals surface area contributed by atoms with Crippen LogP contribution in [0.1, 0.15) is 25.7 Å². The van der Waals surface area contributed by atoms with Crippen molar-refractivity contribution in [3.05, 3.63) is 0 Å². The standard InChI is InChI=1S/C9H17NO4/c1-10-6-7-14-9(13)5-3-2-4-8(11)12/h10H,2-7H2,1H3,(H,11,12). The first-order valence-electron chi connectivity index (χ1n) is 4.69. The van der Waals surface area contributed by atoms with E-state index in [1.807, 2.05) is 0 Å². The number of carboxylic acid groups (broad SMARTS) is 1. The number of nitrogens with one attached hydrogen (secondary N) is 1. The van der Waals surface area contributed by atoms with E-state index in [9.17, 15) is 9.59 Å². The quantitative estimate of drug-likeness (QED) is 0.441. The van der Waals surface area contributed by atoms with Gasteiger partial charge >= 0.3 is 11.9 Å². The molecule has 0 spiro atoms. The molecule has 0 aliphatic carbocycles. The molecule has 5 nitrogen and oxygen atoms in total. The second-order valence-corrected chi connectivity index (χ2v) is 2.92. The zero-order valence-electron chi connectivity index (χ0n) is 8.41. The van der Waals surface area contributed by atoms with Crippen LogP contribution in [0, 0.1) is 0 Å². The van der Waals surface area contributed by atoms with E-state index in [2.05, 4.69) is 5.32 Å². The van der Waals surface area contributed by atoms with Gasteiger partial charge in [-0.15, -0.1) is 0 Å². The average Bonchev–Trinajstić information content (AvgIpc) is 2.13. The first kappa shape index (κ1) is 12.9. The SMILES string of the molecule is CNCCOC(=O)CCCCC(=O)O. The molecule has 0 amide bonds. The molecule has 0 atom stereocenters. The highest BCUT2D eigenvalue weighted by atomic mass is 16.5. The van der Waals surface area contributed by atoms with Gasteiger partial charge in [-0.05, 0) is 19.9 Å². The smallest absolute Gasteiger partial charge is 0.305 e. The lowest BCUT2D eigenvalue weighted by Crippen LogP contribution is -2.17. The van der Waals surface area contributed by atoms with E-state index in [1.165, 1.54) is 0 Å². The predicted octanol–water partition coefficient (Wildman–Crippen LogP) is 0.394. The summed E-state index contributed by atoms with van der Waals surface area (Å²) in [6, 6.07) is 0. The van der Waals surface area contributed by atoms with Crippen LogP contribution in [0.3, 0.4) is 0 Å². The predicted molar refractivity (Wildman–Crippen MR) is 51.0 cm³/mol. The van der Waals surface area contributed by atoms with Crippen molar-refractivity contribution in [2.75, 3.05) is 20.2 Å². The number of carbonyl (C=O) groups is 2. The maximum atomic E-state index is 11.0. The molecule has 0 aliphatic rings. The van der Waals surface area contributed by atoms with Gasteiger partial charge in [-0.3, -0.25) is 9.59 Å².